The summed E-state index contributed by atoms with van der Waals surface area (Å²) in [5.74, 6) is 0. The van der Waals surface area contributed by atoms with Gasteiger partial charge in [-0.3, -0.25) is 4.68 Å². The van der Waals surface area contributed by atoms with Gasteiger partial charge in [0, 0.05) is 12.7 Å². The second-order valence-electron chi connectivity index (χ2n) is 3.51. The number of rotatable bonds is 4. The molecule has 4 heteroatoms. The summed E-state index contributed by atoms with van der Waals surface area (Å²) in [6.45, 7) is 2.95. The third-order valence-corrected chi connectivity index (χ3v) is 3.20. The Bertz CT molecular complexity index is 405. The van der Waals surface area contributed by atoms with Crippen molar-refractivity contribution in [1.82, 2.24) is 9.78 Å². The van der Waals surface area contributed by atoms with Crippen molar-refractivity contribution in [2.24, 2.45) is 5.73 Å². The van der Waals surface area contributed by atoms with Crippen LogP contribution in [0.25, 0.3) is 0 Å². The van der Waals surface area contributed by atoms with Crippen LogP contribution < -0.4 is 5.73 Å². The number of aromatic nitrogens is 2. The van der Waals surface area contributed by atoms with E-state index in [1.807, 2.05) is 16.9 Å². The lowest BCUT2D eigenvalue weighted by Crippen LogP contribution is -2.17. The van der Waals surface area contributed by atoms with E-state index < -0.39 is 0 Å². The Balaban J connectivity index is 2.11. The average Bonchev–Trinajstić information content (AvgIpc) is 2.86. The molecule has 0 aliphatic rings. The Morgan fingerprint density at radius 3 is 3.07 bits per heavy atom. The van der Waals surface area contributed by atoms with Gasteiger partial charge in [0.15, 0.2) is 0 Å². The summed E-state index contributed by atoms with van der Waals surface area (Å²) in [7, 11) is 0. The van der Waals surface area contributed by atoms with Crippen molar-refractivity contribution >= 4 is 11.3 Å². The molecule has 1 unspecified atom stereocenters. The first-order valence-corrected chi connectivity index (χ1v) is 6.04. The average molecular weight is 221 g/mol. The largest absolute Gasteiger partial charge is 0.322 e. The van der Waals surface area contributed by atoms with Crippen molar-refractivity contribution in [3.05, 3.63) is 40.3 Å². The summed E-state index contributed by atoms with van der Waals surface area (Å²) < 4.78 is 1.96. The molecule has 0 fully saturated rings. The summed E-state index contributed by atoms with van der Waals surface area (Å²) in [6.07, 6.45) is 2.70. The van der Waals surface area contributed by atoms with Crippen LogP contribution in [-0.4, -0.2) is 9.78 Å². The highest BCUT2D eigenvalue weighted by Gasteiger charge is 2.11. The van der Waals surface area contributed by atoms with E-state index in [-0.39, 0.29) is 6.04 Å². The van der Waals surface area contributed by atoms with Crippen LogP contribution in [0.1, 0.15) is 24.2 Å². The van der Waals surface area contributed by atoms with Gasteiger partial charge in [0.05, 0.1) is 11.7 Å². The number of thiophene rings is 1. The minimum absolute atomic E-state index is 0.0436. The standard InChI is InChI=1S/C11H15N3S/c1-2-14-11(3-5-13-14)10(12)7-9-4-6-15-8-9/h3-6,8,10H,2,7,12H2,1H3. The topological polar surface area (TPSA) is 43.8 Å². The number of aryl methyl sites for hydroxylation is 1. The predicted octanol–water partition coefficient (Wildman–Crippen LogP) is 2.21. The van der Waals surface area contributed by atoms with Crippen LogP contribution >= 0.6 is 11.3 Å². The summed E-state index contributed by atoms with van der Waals surface area (Å²) in [6, 6.07) is 4.17. The molecule has 0 aliphatic heterocycles. The number of nitrogens with two attached hydrogens (primary N) is 1. The molecule has 0 saturated carbocycles. The lowest BCUT2D eigenvalue weighted by Gasteiger charge is -2.12. The molecule has 3 nitrogen and oxygen atoms in total. The second-order valence-corrected chi connectivity index (χ2v) is 4.29. The molecule has 15 heavy (non-hydrogen) atoms. The zero-order valence-corrected chi connectivity index (χ0v) is 9.57. The first-order chi connectivity index (χ1) is 7.31. The summed E-state index contributed by atoms with van der Waals surface area (Å²) in [5, 5.41) is 8.45. The van der Waals surface area contributed by atoms with Crippen molar-refractivity contribution in [2.75, 3.05) is 0 Å². The fourth-order valence-corrected chi connectivity index (χ4v) is 2.37. The lowest BCUT2D eigenvalue weighted by atomic mass is 10.1. The normalized spacial score (nSPS) is 12.9. The highest BCUT2D eigenvalue weighted by molar-refractivity contribution is 7.07. The van der Waals surface area contributed by atoms with Crippen molar-refractivity contribution in [2.45, 2.75) is 25.9 Å². The highest BCUT2D eigenvalue weighted by atomic mass is 32.1. The zero-order valence-electron chi connectivity index (χ0n) is 8.76. The maximum Gasteiger partial charge on any atom is 0.0554 e. The van der Waals surface area contributed by atoms with Crippen molar-refractivity contribution < 1.29 is 0 Å². The first kappa shape index (κ1) is 10.4. The van der Waals surface area contributed by atoms with Crippen LogP contribution in [0.15, 0.2) is 29.1 Å². The van der Waals surface area contributed by atoms with Gasteiger partial charge in [-0.15, -0.1) is 0 Å². The molecule has 0 aliphatic carbocycles. The molecule has 2 aromatic heterocycles. The van der Waals surface area contributed by atoms with Gasteiger partial charge < -0.3 is 5.73 Å². The van der Waals surface area contributed by atoms with Gasteiger partial charge in [-0.2, -0.15) is 16.4 Å². The third kappa shape index (κ3) is 2.27. The molecule has 0 saturated heterocycles. The Morgan fingerprint density at radius 1 is 1.53 bits per heavy atom. The van der Waals surface area contributed by atoms with Crippen LogP contribution in [-0.2, 0) is 13.0 Å². The molecular formula is C11H15N3S. The van der Waals surface area contributed by atoms with E-state index in [4.69, 9.17) is 5.73 Å². The monoisotopic (exact) mass is 221 g/mol. The van der Waals surface area contributed by atoms with Crippen LogP contribution in [0.2, 0.25) is 0 Å². The lowest BCUT2D eigenvalue weighted by molar-refractivity contribution is 0.569. The van der Waals surface area contributed by atoms with E-state index in [2.05, 4.69) is 28.8 Å². The first-order valence-electron chi connectivity index (χ1n) is 5.09. The predicted molar refractivity (Wildman–Crippen MR) is 62.9 cm³/mol. The van der Waals surface area contributed by atoms with Gasteiger partial charge in [-0.25, -0.2) is 0 Å². The molecule has 0 bridgehead atoms. The minimum Gasteiger partial charge on any atom is -0.322 e. The Kier molecular flexibility index (Phi) is 3.18. The molecule has 0 radical (unpaired) electrons. The molecule has 80 valence electrons. The minimum atomic E-state index is 0.0436. The second kappa shape index (κ2) is 4.59. The maximum absolute atomic E-state index is 6.15. The fourth-order valence-electron chi connectivity index (χ4n) is 1.69. The molecule has 2 N–H and O–H groups in total. The SMILES string of the molecule is CCn1nccc1C(N)Cc1ccsc1. The van der Waals surface area contributed by atoms with Gasteiger partial charge in [0.1, 0.15) is 0 Å². The fraction of sp³-hybridized carbons (Fsp3) is 0.364. The van der Waals surface area contributed by atoms with E-state index >= 15 is 0 Å². The molecule has 2 aromatic rings. The van der Waals surface area contributed by atoms with Crippen LogP contribution in [0.4, 0.5) is 0 Å². The molecule has 1 atom stereocenters. The molecule has 0 amide bonds. The van der Waals surface area contributed by atoms with Gasteiger partial charge >= 0.3 is 0 Å². The molecule has 2 rings (SSSR count). The van der Waals surface area contributed by atoms with Gasteiger partial charge in [0.25, 0.3) is 0 Å². The van der Waals surface area contributed by atoms with E-state index in [1.165, 1.54) is 5.56 Å². The maximum atomic E-state index is 6.15. The van der Waals surface area contributed by atoms with Gasteiger partial charge in [-0.05, 0) is 41.8 Å². The van der Waals surface area contributed by atoms with Crippen molar-refractivity contribution in [3.63, 3.8) is 0 Å². The number of hydrogen-bond donors (Lipinski definition) is 1. The Hall–Kier alpha value is -1.13. The van der Waals surface area contributed by atoms with Crippen LogP contribution in [0.5, 0.6) is 0 Å². The van der Waals surface area contributed by atoms with Crippen molar-refractivity contribution in [1.29, 1.82) is 0 Å². The van der Waals surface area contributed by atoms with E-state index in [1.54, 1.807) is 11.3 Å². The van der Waals surface area contributed by atoms with Crippen molar-refractivity contribution in [3.8, 4) is 0 Å². The van der Waals surface area contributed by atoms with E-state index in [0.717, 1.165) is 18.7 Å². The van der Waals surface area contributed by atoms with Gasteiger partial charge in [0.2, 0.25) is 0 Å². The van der Waals surface area contributed by atoms with Crippen LogP contribution in [0.3, 0.4) is 0 Å². The third-order valence-electron chi connectivity index (χ3n) is 2.46. The van der Waals surface area contributed by atoms with Crippen LogP contribution in [0, 0.1) is 0 Å². The molecule has 0 spiro atoms. The summed E-state index contributed by atoms with van der Waals surface area (Å²) >= 11 is 1.71. The molecule has 2 heterocycles. The number of nitrogens with zero attached hydrogens (tertiary/aromatic N) is 2. The molecular weight excluding hydrogens is 206 g/mol. The van der Waals surface area contributed by atoms with Gasteiger partial charge in [-0.1, -0.05) is 0 Å². The Labute approximate surface area is 93.5 Å². The zero-order chi connectivity index (χ0) is 10.7. The van der Waals surface area contributed by atoms with E-state index in [0.29, 0.717) is 0 Å². The molecule has 0 aromatic carbocycles. The highest BCUT2D eigenvalue weighted by Crippen LogP contribution is 2.17. The summed E-state index contributed by atoms with van der Waals surface area (Å²) in [5.41, 5.74) is 8.57. The quantitative estimate of drug-likeness (QED) is 0.860. The summed E-state index contributed by atoms with van der Waals surface area (Å²) in [4.78, 5) is 0. The number of hydrogen-bond acceptors (Lipinski definition) is 3. The smallest absolute Gasteiger partial charge is 0.0554 e. The van der Waals surface area contributed by atoms with E-state index in [9.17, 15) is 0 Å². The Morgan fingerprint density at radius 2 is 2.40 bits per heavy atom.